The number of carbonyl (C=O) groups excluding carboxylic acids is 1. The molecule has 7 heteroatoms. The number of rotatable bonds is 2. The number of hydrogen-bond acceptors (Lipinski definition) is 3. The maximum Gasteiger partial charge on any atom is 0.317 e. The van der Waals surface area contributed by atoms with Gasteiger partial charge >= 0.3 is 6.03 Å². The summed E-state index contributed by atoms with van der Waals surface area (Å²) in [6, 6.07) is 5.66. The number of likely N-dealkylation sites (tertiary alicyclic amines) is 1. The molecule has 0 aliphatic carbocycles. The molecule has 27 heavy (non-hydrogen) atoms. The number of halogens is 1. The van der Waals surface area contributed by atoms with Crippen LogP contribution in [0.1, 0.15) is 54.5 Å². The van der Waals surface area contributed by atoms with Crippen molar-refractivity contribution in [3.8, 4) is 5.75 Å². The molecule has 0 bridgehead atoms. The summed E-state index contributed by atoms with van der Waals surface area (Å²) in [4.78, 5) is 14.8. The number of amides is 2. The highest BCUT2D eigenvalue weighted by Gasteiger charge is 2.28. The Balaban J connectivity index is 1.40. The van der Waals surface area contributed by atoms with E-state index in [9.17, 15) is 4.79 Å². The zero-order chi connectivity index (χ0) is 18.8. The fourth-order valence-corrected chi connectivity index (χ4v) is 4.36. The van der Waals surface area contributed by atoms with E-state index in [1.165, 1.54) is 5.56 Å². The number of aryl methyl sites for hydroxylation is 1. The molecule has 1 aromatic carbocycles. The van der Waals surface area contributed by atoms with E-state index in [4.69, 9.17) is 16.3 Å². The Morgan fingerprint density at radius 1 is 1.30 bits per heavy atom. The molecule has 1 saturated heterocycles. The van der Waals surface area contributed by atoms with Crippen molar-refractivity contribution in [1.82, 2.24) is 20.4 Å². The Bertz CT molecular complexity index is 814. The summed E-state index contributed by atoms with van der Waals surface area (Å²) >= 11 is 6.29. The van der Waals surface area contributed by atoms with E-state index in [2.05, 4.69) is 22.4 Å². The molecule has 3 heterocycles. The fraction of sp³-hybridized carbons (Fsp3) is 0.500. The maximum atomic E-state index is 12.9. The lowest BCUT2D eigenvalue weighted by Crippen LogP contribution is -2.45. The predicted molar refractivity (Wildman–Crippen MR) is 104 cm³/mol. The molecule has 0 saturated carbocycles. The molecular formula is C20H25ClN4O2. The zero-order valence-electron chi connectivity index (χ0n) is 15.5. The van der Waals surface area contributed by atoms with Crippen LogP contribution in [0.25, 0.3) is 0 Å². The minimum absolute atomic E-state index is 0.00445. The zero-order valence-corrected chi connectivity index (χ0v) is 16.3. The summed E-state index contributed by atoms with van der Waals surface area (Å²) in [6.07, 6.45) is 5.58. The summed E-state index contributed by atoms with van der Waals surface area (Å²) in [5.41, 5.74) is 3.38. The summed E-state index contributed by atoms with van der Waals surface area (Å²) in [6.45, 7) is 4.19. The van der Waals surface area contributed by atoms with Gasteiger partial charge in [-0.05, 0) is 50.2 Å². The number of H-pyrrole nitrogens is 1. The van der Waals surface area contributed by atoms with Crippen molar-refractivity contribution in [3.05, 3.63) is 46.2 Å². The Labute approximate surface area is 164 Å². The van der Waals surface area contributed by atoms with Crippen LogP contribution in [0, 0.1) is 6.92 Å². The van der Waals surface area contributed by atoms with E-state index < -0.39 is 0 Å². The first kappa shape index (κ1) is 18.2. The number of aromatic nitrogens is 2. The van der Waals surface area contributed by atoms with Crippen molar-refractivity contribution in [2.45, 2.75) is 44.6 Å². The van der Waals surface area contributed by atoms with E-state index in [0.29, 0.717) is 23.3 Å². The SMILES string of the molecule is Cc1[nH]ncc1C1CCN(C(=O)NC2CCCOc3c(Cl)cccc32)CC1. The molecular weight excluding hydrogens is 364 g/mol. The first-order chi connectivity index (χ1) is 13.1. The van der Waals surface area contributed by atoms with E-state index in [1.807, 2.05) is 29.3 Å². The predicted octanol–water partition coefficient (Wildman–Crippen LogP) is 4.17. The van der Waals surface area contributed by atoms with Gasteiger partial charge in [-0.15, -0.1) is 0 Å². The monoisotopic (exact) mass is 388 g/mol. The van der Waals surface area contributed by atoms with Crippen LogP contribution in [0.15, 0.2) is 24.4 Å². The van der Waals surface area contributed by atoms with E-state index >= 15 is 0 Å². The third-order valence-corrected chi connectivity index (χ3v) is 5.94. The number of urea groups is 1. The fourth-order valence-electron chi connectivity index (χ4n) is 4.12. The number of aromatic amines is 1. The van der Waals surface area contributed by atoms with Gasteiger partial charge < -0.3 is 15.0 Å². The Morgan fingerprint density at radius 2 is 2.11 bits per heavy atom. The van der Waals surface area contributed by atoms with E-state index in [1.54, 1.807) is 0 Å². The van der Waals surface area contributed by atoms with Gasteiger partial charge in [0.1, 0.15) is 5.75 Å². The van der Waals surface area contributed by atoms with Gasteiger partial charge in [-0.1, -0.05) is 23.7 Å². The van der Waals surface area contributed by atoms with E-state index in [0.717, 1.165) is 50.0 Å². The smallest absolute Gasteiger partial charge is 0.317 e. The normalized spacial score (nSPS) is 20.5. The largest absolute Gasteiger partial charge is 0.492 e. The first-order valence-corrected chi connectivity index (χ1v) is 9.98. The molecule has 2 aliphatic rings. The van der Waals surface area contributed by atoms with Crippen LogP contribution in [-0.2, 0) is 0 Å². The number of piperidine rings is 1. The van der Waals surface area contributed by atoms with Crippen LogP contribution >= 0.6 is 11.6 Å². The molecule has 6 nitrogen and oxygen atoms in total. The average Bonchev–Trinajstić information content (AvgIpc) is 3.00. The summed E-state index contributed by atoms with van der Waals surface area (Å²) in [7, 11) is 0. The summed E-state index contributed by atoms with van der Waals surface area (Å²) in [5, 5.41) is 10.9. The Hall–Kier alpha value is -2.21. The van der Waals surface area contributed by atoms with Crippen molar-refractivity contribution in [3.63, 3.8) is 0 Å². The van der Waals surface area contributed by atoms with Gasteiger partial charge in [-0.3, -0.25) is 5.10 Å². The molecule has 2 aliphatic heterocycles. The van der Waals surface area contributed by atoms with Crippen LogP contribution in [-0.4, -0.2) is 40.8 Å². The lowest BCUT2D eigenvalue weighted by Gasteiger charge is -2.33. The average molecular weight is 389 g/mol. The maximum absolute atomic E-state index is 12.9. The van der Waals surface area contributed by atoms with Gasteiger partial charge in [-0.25, -0.2) is 4.79 Å². The molecule has 0 spiro atoms. The number of carbonyl (C=O) groups is 1. The quantitative estimate of drug-likeness (QED) is 0.810. The van der Waals surface area contributed by atoms with Crippen LogP contribution in [0.5, 0.6) is 5.75 Å². The van der Waals surface area contributed by atoms with Crippen LogP contribution in [0.2, 0.25) is 5.02 Å². The highest BCUT2D eigenvalue weighted by atomic mass is 35.5. The highest BCUT2D eigenvalue weighted by molar-refractivity contribution is 6.32. The number of benzene rings is 1. The summed E-state index contributed by atoms with van der Waals surface area (Å²) < 4.78 is 5.80. The second kappa shape index (κ2) is 7.80. The first-order valence-electron chi connectivity index (χ1n) is 9.60. The lowest BCUT2D eigenvalue weighted by atomic mass is 9.90. The van der Waals surface area contributed by atoms with Gasteiger partial charge in [0.2, 0.25) is 0 Å². The lowest BCUT2D eigenvalue weighted by molar-refractivity contribution is 0.177. The Kier molecular flexibility index (Phi) is 5.25. The molecule has 2 amide bonds. The molecule has 1 fully saturated rings. The van der Waals surface area contributed by atoms with Crippen molar-refractivity contribution in [2.75, 3.05) is 19.7 Å². The van der Waals surface area contributed by atoms with Crippen molar-refractivity contribution < 1.29 is 9.53 Å². The second-order valence-corrected chi connectivity index (χ2v) is 7.77. The van der Waals surface area contributed by atoms with Gasteiger partial charge in [-0.2, -0.15) is 5.10 Å². The standard InChI is InChI=1S/C20H25ClN4O2/c1-13-16(12-22-24-13)14-7-9-25(10-8-14)20(26)23-18-6-3-11-27-19-15(18)4-2-5-17(19)21/h2,4-5,12,14,18H,3,6-11H2,1H3,(H,22,24)(H,23,26). The topological polar surface area (TPSA) is 70.2 Å². The van der Waals surface area contributed by atoms with Gasteiger partial charge in [0, 0.05) is 24.3 Å². The van der Waals surface area contributed by atoms with Crippen LogP contribution in [0.3, 0.4) is 0 Å². The van der Waals surface area contributed by atoms with Gasteiger partial charge in [0.05, 0.1) is 23.9 Å². The molecule has 1 atom stereocenters. The third kappa shape index (κ3) is 3.76. The highest BCUT2D eigenvalue weighted by Crippen LogP contribution is 2.37. The number of hydrogen-bond donors (Lipinski definition) is 2. The minimum Gasteiger partial charge on any atom is -0.492 e. The minimum atomic E-state index is -0.0671. The van der Waals surface area contributed by atoms with Crippen molar-refractivity contribution in [2.24, 2.45) is 0 Å². The second-order valence-electron chi connectivity index (χ2n) is 7.36. The summed E-state index contributed by atoms with van der Waals surface area (Å²) in [5.74, 6) is 1.18. The number of fused-ring (bicyclic) bond motifs is 1. The Morgan fingerprint density at radius 3 is 2.85 bits per heavy atom. The van der Waals surface area contributed by atoms with Crippen molar-refractivity contribution in [1.29, 1.82) is 0 Å². The molecule has 144 valence electrons. The van der Waals surface area contributed by atoms with Crippen LogP contribution < -0.4 is 10.1 Å². The van der Waals surface area contributed by atoms with Gasteiger partial charge in [0.25, 0.3) is 0 Å². The molecule has 2 aromatic rings. The number of ether oxygens (including phenoxy) is 1. The van der Waals surface area contributed by atoms with Crippen molar-refractivity contribution >= 4 is 17.6 Å². The molecule has 0 radical (unpaired) electrons. The number of nitrogens with one attached hydrogen (secondary N) is 2. The molecule has 1 unspecified atom stereocenters. The van der Waals surface area contributed by atoms with Gasteiger partial charge in [0.15, 0.2) is 0 Å². The molecule has 4 rings (SSSR count). The number of para-hydroxylation sites is 1. The number of nitrogens with zero attached hydrogens (tertiary/aromatic N) is 2. The van der Waals surface area contributed by atoms with E-state index in [-0.39, 0.29) is 12.1 Å². The third-order valence-electron chi connectivity index (χ3n) is 5.64. The molecule has 2 N–H and O–H groups in total. The molecule has 1 aromatic heterocycles. The van der Waals surface area contributed by atoms with Crippen LogP contribution in [0.4, 0.5) is 4.79 Å².